The molecule has 2 heterocycles. The van der Waals surface area contributed by atoms with Crippen LogP contribution in [0.2, 0.25) is 0 Å². The van der Waals surface area contributed by atoms with E-state index in [9.17, 15) is 14.0 Å². The van der Waals surface area contributed by atoms with Crippen molar-refractivity contribution < 1.29 is 23.5 Å². The summed E-state index contributed by atoms with van der Waals surface area (Å²) in [5.74, 6) is -0.936. The molecule has 0 aliphatic rings. The Morgan fingerprint density at radius 2 is 1.63 bits per heavy atom. The van der Waals surface area contributed by atoms with Crippen molar-refractivity contribution in [2.75, 3.05) is 6.54 Å². The number of carbonyl (C=O) groups is 2. The van der Waals surface area contributed by atoms with Crippen LogP contribution in [0.25, 0.3) is 22.5 Å². The smallest absolute Gasteiger partial charge is 0.410 e. The van der Waals surface area contributed by atoms with Crippen LogP contribution in [0.5, 0.6) is 0 Å². The molecule has 3 aromatic rings. The van der Waals surface area contributed by atoms with Crippen molar-refractivity contribution in [3.05, 3.63) is 72.3 Å². The molecule has 1 aromatic carbocycles. The molecule has 38 heavy (non-hydrogen) atoms. The third kappa shape index (κ3) is 7.99. The molecule has 0 bridgehead atoms. The number of pyridine rings is 1. The fourth-order valence-corrected chi connectivity index (χ4v) is 3.55. The Bertz CT molecular complexity index is 1320. The summed E-state index contributed by atoms with van der Waals surface area (Å²) < 4.78 is 26.2. The van der Waals surface area contributed by atoms with Gasteiger partial charge in [0.15, 0.2) is 0 Å². The Balaban J connectivity index is 2.00. The molecule has 1 amide bonds. The molecule has 202 valence electrons. The molecule has 3 rings (SSSR count). The second-order valence-electron chi connectivity index (χ2n) is 11.1. The van der Waals surface area contributed by atoms with Crippen LogP contribution in [0, 0.1) is 5.82 Å². The van der Waals surface area contributed by atoms with Crippen molar-refractivity contribution in [2.24, 2.45) is 7.05 Å². The lowest BCUT2D eigenvalue weighted by molar-refractivity contribution is -0.150. The van der Waals surface area contributed by atoms with Crippen LogP contribution < -0.4 is 0 Å². The highest BCUT2D eigenvalue weighted by molar-refractivity contribution is 5.89. The van der Waals surface area contributed by atoms with Gasteiger partial charge in [0.2, 0.25) is 0 Å². The summed E-state index contributed by atoms with van der Waals surface area (Å²) in [5, 5.41) is 4.53. The number of ether oxygens (including phenoxy) is 2. The molecule has 0 atom stereocenters. The van der Waals surface area contributed by atoms with Crippen molar-refractivity contribution in [1.82, 2.24) is 19.7 Å². The number of hydrogen-bond acceptors (Lipinski definition) is 6. The summed E-state index contributed by atoms with van der Waals surface area (Å²) in [4.78, 5) is 31.8. The predicted octanol–water partition coefficient (Wildman–Crippen LogP) is 5.92. The van der Waals surface area contributed by atoms with E-state index in [2.05, 4.69) is 16.7 Å². The maximum atomic E-state index is 13.5. The first-order valence-corrected chi connectivity index (χ1v) is 12.3. The summed E-state index contributed by atoms with van der Waals surface area (Å²) in [5.41, 5.74) is 2.09. The number of benzene rings is 1. The van der Waals surface area contributed by atoms with Gasteiger partial charge in [0.1, 0.15) is 17.0 Å². The topological polar surface area (TPSA) is 86.5 Å². The van der Waals surface area contributed by atoms with Gasteiger partial charge in [-0.2, -0.15) is 5.10 Å². The first-order valence-electron chi connectivity index (χ1n) is 12.3. The van der Waals surface area contributed by atoms with Gasteiger partial charge in [-0.25, -0.2) is 14.0 Å². The Labute approximate surface area is 223 Å². The van der Waals surface area contributed by atoms with Gasteiger partial charge < -0.3 is 9.47 Å². The minimum absolute atomic E-state index is 0.0688. The van der Waals surface area contributed by atoms with Crippen LogP contribution in [0.1, 0.15) is 47.1 Å². The summed E-state index contributed by atoms with van der Waals surface area (Å²) in [6.45, 7) is 14.4. The first kappa shape index (κ1) is 28.6. The molecule has 0 fully saturated rings. The highest BCUT2D eigenvalue weighted by Gasteiger charge is 2.27. The normalized spacial score (nSPS) is 11.7. The average molecular weight is 523 g/mol. The Kier molecular flexibility index (Phi) is 8.39. The monoisotopic (exact) mass is 522 g/mol. The van der Waals surface area contributed by atoms with E-state index in [-0.39, 0.29) is 24.5 Å². The second-order valence-corrected chi connectivity index (χ2v) is 11.1. The molecule has 0 N–H and O–H groups in total. The third-order valence-electron chi connectivity index (χ3n) is 5.20. The van der Waals surface area contributed by atoms with Gasteiger partial charge in [0.25, 0.3) is 0 Å². The van der Waals surface area contributed by atoms with Crippen LogP contribution in [-0.2, 0) is 27.9 Å². The van der Waals surface area contributed by atoms with Gasteiger partial charge in [-0.15, -0.1) is 0 Å². The van der Waals surface area contributed by atoms with Gasteiger partial charge >= 0.3 is 12.1 Å². The van der Waals surface area contributed by atoms with E-state index >= 15 is 0 Å². The molecule has 0 saturated carbocycles. The van der Waals surface area contributed by atoms with Gasteiger partial charge in [-0.3, -0.25) is 14.6 Å². The maximum Gasteiger partial charge on any atom is 0.410 e. The molecule has 0 aliphatic heterocycles. The zero-order valence-electron chi connectivity index (χ0n) is 23.0. The number of nitrogens with zero attached hydrogens (tertiary/aromatic N) is 4. The summed E-state index contributed by atoms with van der Waals surface area (Å²) >= 11 is 0. The molecule has 0 aliphatic carbocycles. The van der Waals surface area contributed by atoms with E-state index in [1.807, 2.05) is 25.4 Å². The number of amides is 1. The van der Waals surface area contributed by atoms with Crippen molar-refractivity contribution in [2.45, 2.75) is 59.3 Å². The lowest BCUT2D eigenvalue weighted by Gasteiger charge is -2.29. The lowest BCUT2D eigenvalue weighted by Crippen LogP contribution is -2.39. The molecule has 0 spiro atoms. The molecular weight excluding hydrogens is 487 g/mol. The Morgan fingerprint density at radius 1 is 1.00 bits per heavy atom. The van der Waals surface area contributed by atoms with Gasteiger partial charge in [0.05, 0.1) is 24.5 Å². The van der Waals surface area contributed by atoms with E-state index in [4.69, 9.17) is 9.47 Å². The van der Waals surface area contributed by atoms with Crippen molar-refractivity contribution in [3.63, 3.8) is 0 Å². The summed E-state index contributed by atoms with van der Waals surface area (Å²) in [6.07, 6.45) is 2.85. The fraction of sp³-hybridized carbons (Fsp3) is 0.379. The minimum atomic E-state index is -0.753. The molecular formula is C29H35FN4O4. The van der Waals surface area contributed by atoms with Crippen molar-refractivity contribution in [1.29, 1.82) is 0 Å². The zero-order valence-corrected chi connectivity index (χ0v) is 23.0. The van der Waals surface area contributed by atoms with E-state index in [0.717, 1.165) is 11.1 Å². The van der Waals surface area contributed by atoms with E-state index in [1.165, 1.54) is 17.0 Å². The van der Waals surface area contributed by atoms with Crippen LogP contribution >= 0.6 is 0 Å². The molecule has 8 nitrogen and oxygen atoms in total. The highest BCUT2D eigenvalue weighted by atomic mass is 19.1. The number of carbonyl (C=O) groups excluding carboxylic acids is 2. The number of esters is 1. The van der Waals surface area contributed by atoms with Gasteiger partial charge in [-0.05, 0) is 83.5 Å². The largest absolute Gasteiger partial charge is 0.457 e. The van der Waals surface area contributed by atoms with E-state index in [0.29, 0.717) is 17.0 Å². The lowest BCUT2D eigenvalue weighted by atomic mass is 10.0. The molecule has 2 aromatic heterocycles. The van der Waals surface area contributed by atoms with Gasteiger partial charge in [0, 0.05) is 36.1 Å². The van der Waals surface area contributed by atoms with Crippen LogP contribution in [0.4, 0.5) is 9.18 Å². The van der Waals surface area contributed by atoms with Crippen molar-refractivity contribution in [3.8, 4) is 22.5 Å². The number of aromatic nitrogens is 3. The van der Waals surface area contributed by atoms with Crippen LogP contribution in [0.15, 0.2) is 60.9 Å². The zero-order chi connectivity index (χ0) is 28.3. The highest BCUT2D eigenvalue weighted by Crippen LogP contribution is 2.29. The quantitative estimate of drug-likeness (QED) is 0.283. The molecule has 0 unspecified atom stereocenters. The second kappa shape index (κ2) is 11.2. The first-order chi connectivity index (χ1) is 17.6. The van der Waals surface area contributed by atoms with E-state index in [1.54, 1.807) is 64.6 Å². The van der Waals surface area contributed by atoms with Gasteiger partial charge in [-0.1, -0.05) is 6.58 Å². The fourth-order valence-electron chi connectivity index (χ4n) is 3.55. The number of rotatable bonds is 7. The Morgan fingerprint density at radius 3 is 2.18 bits per heavy atom. The average Bonchev–Trinajstić information content (AvgIpc) is 3.23. The number of halogens is 1. The SMILES string of the molecule is C=C(CN(Cc1cnc(-c2ccc(F)cc2)cc1-c1ccn(C)n1)C(=O)OC(C)(C)C)C(=O)OC(C)(C)C. The maximum absolute atomic E-state index is 13.5. The molecule has 0 saturated heterocycles. The standard InChI is InChI=1S/C29H35FN4O4/c1-19(26(35)37-28(2,3)4)17-34(27(36)38-29(5,6)7)18-21-16-31-25(20-9-11-22(30)12-10-20)15-23(21)24-13-14-33(8)32-24/h9-16H,1,17-18H2,2-8H3. The summed E-state index contributed by atoms with van der Waals surface area (Å²) in [7, 11) is 1.81. The Hall–Kier alpha value is -4.01. The number of aryl methyl sites for hydroxylation is 1. The number of hydrogen-bond donors (Lipinski definition) is 0. The van der Waals surface area contributed by atoms with Crippen LogP contribution in [0.3, 0.4) is 0 Å². The predicted molar refractivity (Wildman–Crippen MR) is 143 cm³/mol. The molecule has 0 radical (unpaired) electrons. The summed E-state index contributed by atoms with van der Waals surface area (Å²) in [6, 6.07) is 9.75. The van der Waals surface area contributed by atoms with E-state index < -0.39 is 23.3 Å². The molecule has 9 heteroatoms. The van der Waals surface area contributed by atoms with Crippen LogP contribution in [-0.4, -0.2) is 49.5 Å². The third-order valence-corrected chi connectivity index (χ3v) is 5.20. The van der Waals surface area contributed by atoms with Crippen molar-refractivity contribution >= 4 is 12.1 Å². The minimum Gasteiger partial charge on any atom is -0.457 e.